The number of sulfonamides is 1. The monoisotopic (exact) mass is 282 g/mol. The Hall–Kier alpha value is -1.40. The molecule has 1 aromatic rings. The van der Waals surface area contributed by atoms with Gasteiger partial charge in [0.15, 0.2) is 0 Å². The van der Waals surface area contributed by atoms with Crippen LogP contribution in [0.4, 0.5) is 0 Å². The van der Waals surface area contributed by atoms with Crippen LogP contribution in [0.3, 0.4) is 0 Å². The van der Waals surface area contributed by atoms with Gasteiger partial charge in [-0.3, -0.25) is 4.79 Å². The number of carbonyl (C=O) groups excluding carboxylic acids is 1. The molecule has 104 valence electrons. The summed E-state index contributed by atoms with van der Waals surface area (Å²) in [5.41, 5.74) is 0.657. The first-order chi connectivity index (χ1) is 8.90. The summed E-state index contributed by atoms with van der Waals surface area (Å²) in [6, 6.07) is 6.14. The predicted molar refractivity (Wildman–Crippen MR) is 72.1 cm³/mol. The van der Waals surface area contributed by atoms with Gasteiger partial charge >= 0.3 is 0 Å². The second-order valence-electron chi connectivity index (χ2n) is 4.89. The minimum atomic E-state index is -3.66. The molecule has 1 unspecified atom stereocenters. The molecule has 19 heavy (non-hydrogen) atoms. The van der Waals surface area contributed by atoms with Gasteiger partial charge in [0.25, 0.3) is 0 Å². The fraction of sp³-hybridized carbons (Fsp3) is 0.462. The van der Waals surface area contributed by atoms with E-state index in [1.165, 1.54) is 6.07 Å². The van der Waals surface area contributed by atoms with Crippen LogP contribution >= 0.6 is 0 Å². The van der Waals surface area contributed by atoms with E-state index in [9.17, 15) is 13.2 Å². The van der Waals surface area contributed by atoms with Crippen LogP contribution in [-0.4, -0.2) is 26.4 Å². The van der Waals surface area contributed by atoms with Crippen molar-refractivity contribution in [3.8, 4) is 0 Å². The zero-order valence-corrected chi connectivity index (χ0v) is 11.8. The van der Waals surface area contributed by atoms with E-state index in [2.05, 4.69) is 10.0 Å². The molecule has 1 aromatic carbocycles. The van der Waals surface area contributed by atoms with Crippen LogP contribution < -0.4 is 10.0 Å². The Kier molecular flexibility index (Phi) is 3.91. The van der Waals surface area contributed by atoms with Crippen LogP contribution in [-0.2, 0) is 14.8 Å². The first-order valence-corrected chi connectivity index (χ1v) is 7.77. The molecule has 0 spiro atoms. The fourth-order valence-corrected chi connectivity index (χ4v) is 3.21. The summed E-state index contributed by atoms with van der Waals surface area (Å²) in [6.07, 6.45) is 1.95. The molecule has 5 nitrogen and oxygen atoms in total. The predicted octanol–water partition coefficient (Wildman–Crippen LogP) is 0.940. The molecule has 1 saturated carbocycles. The number of benzene rings is 1. The van der Waals surface area contributed by atoms with E-state index in [0.29, 0.717) is 5.56 Å². The van der Waals surface area contributed by atoms with E-state index >= 15 is 0 Å². The topological polar surface area (TPSA) is 75.3 Å². The lowest BCUT2D eigenvalue weighted by Gasteiger charge is -2.15. The molecule has 0 heterocycles. The van der Waals surface area contributed by atoms with Crippen LogP contribution in [0.2, 0.25) is 0 Å². The second kappa shape index (κ2) is 5.30. The standard InChI is InChI=1S/C13H18N2O3S/c1-9-5-3-4-6-12(9)19(17,18)15-10(2)13(16)14-11-7-8-11/h3-6,10-11,15H,7-8H2,1-2H3,(H,14,16). The number of carbonyl (C=O) groups is 1. The molecule has 0 aromatic heterocycles. The molecule has 0 aliphatic heterocycles. The summed E-state index contributed by atoms with van der Waals surface area (Å²) in [4.78, 5) is 12.0. The highest BCUT2D eigenvalue weighted by molar-refractivity contribution is 7.89. The van der Waals surface area contributed by atoms with Crippen molar-refractivity contribution in [2.75, 3.05) is 0 Å². The maximum absolute atomic E-state index is 12.2. The first kappa shape index (κ1) is 14.0. The lowest BCUT2D eigenvalue weighted by atomic mass is 10.2. The Morgan fingerprint density at radius 3 is 2.53 bits per heavy atom. The number of hydrogen-bond donors (Lipinski definition) is 2. The molecule has 0 bridgehead atoms. The molecule has 0 radical (unpaired) electrons. The quantitative estimate of drug-likeness (QED) is 0.844. The smallest absolute Gasteiger partial charge is 0.241 e. The number of hydrogen-bond acceptors (Lipinski definition) is 3. The van der Waals surface area contributed by atoms with Gasteiger partial charge in [-0.1, -0.05) is 18.2 Å². The van der Waals surface area contributed by atoms with Crippen molar-refractivity contribution in [1.29, 1.82) is 0 Å². The number of amides is 1. The van der Waals surface area contributed by atoms with Gasteiger partial charge in [-0.15, -0.1) is 0 Å². The minimum absolute atomic E-state index is 0.209. The highest BCUT2D eigenvalue weighted by atomic mass is 32.2. The maximum Gasteiger partial charge on any atom is 0.241 e. The normalized spacial score (nSPS) is 16.9. The maximum atomic E-state index is 12.2. The Bertz CT molecular complexity index is 579. The molecule has 2 N–H and O–H groups in total. The highest BCUT2D eigenvalue weighted by Gasteiger charge is 2.28. The number of aryl methyl sites for hydroxylation is 1. The molecule has 1 aliphatic carbocycles. The summed E-state index contributed by atoms with van der Waals surface area (Å²) in [6.45, 7) is 3.27. The van der Waals surface area contributed by atoms with Gasteiger partial charge in [0.1, 0.15) is 0 Å². The average Bonchev–Trinajstić information content (AvgIpc) is 3.12. The molecular weight excluding hydrogens is 264 g/mol. The molecule has 6 heteroatoms. The van der Waals surface area contributed by atoms with Crippen LogP contribution in [0.15, 0.2) is 29.2 Å². The molecular formula is C13H18N2O3S. The third-order valence-electron chi connectivity index (χ3n) is 3.03. The van der Waals surface area contributed by atoms with Crippen molar-refractivity contribution >= 4 is 15.9 Å². The van der Waals surface area contributed by atoms with Crippen molar-refractivity contribution in [2.45, 2.75) is 43.7 Å². The van der Waals surface area contributed by atoms with Gasteiger partial charge in [-0.25, -0.2) is 8.42 Å². The zero-order chi connectivity index (χ0) is 14.0. The minimum Gasteiger partial charge on any atom is -0.352 e. The number of rotatable bonds is 5. The molecule has 1 aliphatic rings. The summed E-state index contributed by atoms with van der Waals surface area (Å²) < 4.78 is 26.8. The third-order valence-corrected chi connectivity index (χ3v) is 4.73. The van der Waals surface area contributed by atoms with Gasteiger partial charge in [0, 0.05) is 6.04 Å². The van der Waals surface area contributed by atoms with Gasteiger partial charge in [-0.05, 0) is 38.3 Å². The van der Waals surface area contributed by atoms with E-state index in [1.54, 1.807) is 32.0 Å². The van der Waals surface area contributed by atoms with Crippen molar-refractivity contribution in [1.82, 2.24) is 10.0 Å². The molecule has 2 rings (SSSR count). The zero-order valence-electron chi connectivity index (χ0n) is 11.0. The first-order valence-electron chi connectivity index (χ1n) is 6.28. The molecule has 0 saturated heterocycles. The highest BCUT2D eigenvalue weighted by Crippen LogP contribution is 2.19. The largest absolute Gasteiger partial charge is 0.352 e. The van der Waals surface area contributed by atoms with E-state index < -0.39 is 16.1 Å². The van der Waals surface area contributed by atoms with E-state index in [1.807, 2.05) is 0 Å². The Morgan fingerprint density at radius 2 is 1.95 bits per heavy atom. The molecule has 1 atom stereocenters. The van der Waals surface area contributed by atoms with Gasteiger partial charge in [0.05, 0.1) is 10.9 Å². The number of nitrogens with one attached hydrogen (secondary N) is 2. The van der Waals surface area contributed by atoms with Gasteiger partial charge < -0.3 is 5.32 Å². The van der Waals surface area contributed by atoms with Crippen molar-refractivity contribution in [3.63, 3.8) is 0 Å². The van der Waals surface area contributed by atoms with Crippen LogP contribution in [0.25, 0.3) is 0 Å². The third kappa shape index (κ3) is 3.54. The van der Waals surface area contributed by atoms with E-state index in [4.69, 9.17) is 0 Å². The van der Waals surface area contributed by atoms with Gasteiger partial charge in [-0.2, -0.15) is 4.72 Å². The van der Waals surface area contributed by atoms with Crippen LogP contribution in [0.5, 0.6) is 0 Å². The van der Waals surface area contributed by atoms with Crippen LogP contribution in [0, 0.1) is 6.92 Å². The summed E-state index contributed by atoms with van der Waals surface area (Å²) >= 11 is 0. The van der Waals surface area contributed by atoms with Crippen molar-refractivity contribution in [2.24, 2.45) is 0 Å². The van der Waals surface area contributed by atoms with Crippen LogP contribution in [0.1, 0.15) is 25.3 Å². The van der Waals surface area contributed by atoms with E-state index in [-0.39, 0.29) is 16.8 Å². The Morgan fingerprint density at radius 1 is 1.32 bits per heavy atom. The summed E-state index contributed by atoms with van der Waals surface area (Å²) in [5.74, 6) is -0.278. The van der Waals surface area contributed by atoms with Gasteiger partial charge in [0.2, 0.25) is 15.9 Å². The van der Waals surface area contributed by atoms with Crippen molar-refractivity contribution in [3.05, 3.63) is 29.8 Å². The van der Waals surface area contributed by atoms with Crippen molar-refractivity contribution < 1.29 is 13.2 Å². The second-order valence-corrected chi connectivity index (χ2v) is 6.57. The fourth-order valence-electron chi connectivity index (χ4n) is 1.76. The van der Waals surface area contributed by atoms with E-state index in [0.717, 1.165) is 12.8 Å². The lowest BCUT2D eigenvalue weighted by molar-refractivity contribution is -0.122. The SMILES string of the molecule is Cc1ccccc1S(=O)(=O)NC(C)C(=O)NC1CC1. The molecule has 1 fully saturated rings. The molecule has 1 amide bonds. The Balaban J connectivity index is 2.08. The average molecular weight is 282 g/mol. The lowest BCUT2D eigenvalue weighted by Crippen LogP contribution is -2.45. The Labute approximate surface area is 113 Å². The summed E-state index contributed by atoms with van der Waals surface area (Å²) in [7, 11) is -3.66. The summed E-state index contributed by atoms with van der Waals surface area (Å²) in [5, 5.41) is 2.78.